The number of nitrogens with two attached hydrogens (primary N) is 1. The fourth-order valence-corrected chi connectivity index (χ4v) is 2.03. The van der Waals surface area contributed by atoms with Gasteiger partial charge in [0.1, 0.15) is 5.75 Å². The maximum Gasteiger partial charge on any atom is 0.125 e. The molecule has 0 radical (unpaired) electrons. The zero-order valence-corrected chi connectivity index (χ0v) is 11.1. The molecule has 1 atom stereocenters. The van der Waals surface area contributed by atoms with Crippen molar-refractivity contribution in [1.29, 1.82) is 0 Å². The molecular weight excluding hydrogens is 248 g/mol. The lowest BCUT2D eigenvalue weighted by Crippen LogP contribution is -2.13. The summed E-state index contributed by atoms with van der Waals surface area (Å²) in [5.74, 6) is 0.691. The number of benzene rings is 1. The van der Waals surface area contributed by atoms with Gasteiger partial charge in [0, 0.05) is 23.0 Å². The molecule has 0 fully saturated rings. The van der Waals surface area contributed by atoms with E-state index in [4.69, 9.17) is 22.1 Å². The summed E-state index contributed by atoms with van der Waals surface area (Å²) in [6.07, 6.45) is 3.57. The Hall–Kier alpha value is -1.58. The van der Waals surface area contributed by atoms with Gasteiger partial charge in [0.2, 0.25) is 0 Å². The molecule has 1 heterocycles. The van der Waals surface area contributed by atoms with Crippen molar-refractivity contribution in [3.63, 3.8) is 0 Å². The second-order valence-corrected chi connectivity index (χ2v) is 4.60. The van der Waals surface area contributed by atoms with Gasteiger partial charge in [0.15, 0.2) is 0 Å². The Kier molecular flexibility index (Phi) is 3.84. The first kappa shape index (κ1) is 12.9. The Labute approximate surface area is 112 Å². The number of hydrogen-bond acceptors (Lipinski definition) is 3. The van der Waals surface area contributed by atoms with Crippen molar-refractivity contribution in [3.8, 4) is 5.75 Å². The van der Waals surface area contributed by atoms with Gasteiger partial charge in [-0.3, -0.25) is 4.98 Å². The molecule has 1 aromatic heterocycles. The summed E-state index contributed by atoms with van der Waals surface area (Å²) >= 11 is 5.94. The first-order valence-corrected chi connectivity index (χ1v) is 6.00. The first-order chi connectivity index (χ1) is 8.61. The van der Waals surface area contributed by atoms with E-state index in [0.29, 0.717) is 10.8 Å². The van der Waals surface area contributed by atoms with Gasteiger partial charge in [-0.2, -0.15) is 0 Å². The average Bonchev–Trinajstić information content (AvgIpc) is 2.37. The lowest BCUT2D eigenvalue weighted by molar-refractivity contribution is 0.408. The summed E-state index contributed by atoms with van der Waals surface area (Å²) in [6, 6.07) is 7.20. The Morgan fingerprint density at radius 1 is 1.28 bits per heavy atom. The highest BCUT2D eigenvalue weighted by Gasteiger charge is 2.14. The molecule has 0 aliphatic heterocycles. The lowest BCUT2D eigenvalue weighted by atomic mass is 9.99. The largest absolute Gasteiger partial charge is 0.496 e. The van der Waals surface area contributed by atoms with Crippen LogP contribution in [0.15, 0.2) is 36.7 Å². The summed E-state index contributed by atoms with van der Waals surface area (Å²) in [4.78, 5) is 4.16. The van der Waals surface area contributed by atoms with E-state index in [1.807, 2.05) is 25.1 Å². The summed E-state index contributed by atoms with van der Waals surface area (Å²) < 4.78 is 5.31. The van der Waals surface area contributed by atoms with E-state index in [1.54, 1.807) is 25.6 Å². The number of pyridine rings is 1. The number of nitrogens with zero attached hydrogens (tertiary/aromatic N) is 1. The molecular formula is C14H15ClN2O. The molecule has 0 bridgehead atoms. The minimum absolute atomic E-state index is 0.274. The maximum absolute atomic E-state index is 6.25. The predicted octanol–water partition coefficient (Wildman–Crippen LogP) is 3.10. The molecule has 0 aliphatic carbocycles. The predicted molar refractivity (Wildman–Crippen MR) is 73.0 cm³/mol. The van der Waals surface area contributed by atoms with Gasteiger partial charge in [-0.15, -0.1) is 0 Å². The molecule has 0 saturated carbocycles. The van der Waals surface area contributed by atoms with E-state index in [2.05, 4.69) is 4.98 Å². The summed E-state index contributed by atoms with van der Waals surface area (Å²) in [5.41, 5.74) is 9.18. The van der Waals surface area contributed by atoms with Gasteiger partial charge >= 0.3 is 0 Å². The number of hydrogen-bond donors (Lipinski definition) is 1. The fraction of sp³-hybridized carbons (Fsp3) is 0.214. The van der Waals surface area contributed by atoms with Crippen LogP contribution in [0.1, 0.15) is 22.7 Å². The third-order valence-electron chi connectivity index (χ3n) is 2.79. The minimum atomic E-state index is -0.274. The van der Waals surface area contributed by atoms with Crippen LogP contribution in [0.2, 0.25) is 5.02 Å². The third kappa shape index (κ3) is 2.63. The standard InChI is InChI=1S/C14H15ClN2O/c1-9-5-10(8-17-7-9)14(16)12-4-3-11(15)6-13(12)18-2/h3-8,14H,16H2,1-2H3. The molecule has 1 aromatic carbocycles. The molecule has 0 aliphatic rings. The third-order valence-corrected chi connectivity index (χ3v) is 3.02. The average molecular weight is 263 g/mol. The van der Waals surface area contributed by atoms with Crippen LogP contribution in [-0.4, -0.2) is 12.1 Å². The number of rotatable bonds is 3. The van der Waals surface area contributed by atoms with E-state index in [9.17, 15) is 0 Å². The molecule has 2 aromatic rings. The van der Waals surface area contributed by atoms with Crippen molar-refractivity contribution in [2.24, 2.45) is 5.73 Å². The summed E-state index contributed by atoms with van der Waals surface area (Å²) in [6.45, 7) is 1.99. The summed E-state index contributed by atoms with van der Waals surface area (Å²) in [7, 11) is 1.61. The molecule has 94 valence electrons. The van der Waals surface area contributed by atoms with Crippen LogP contribution in [0.5, 0.6) is 5.75 Å². The zero-order chi connectivity index (χ0) is 13.1. The van der Waals surface area contributed by atoms with Gasteiger partial charge in [-0.1, -0.05) is 23.7 Å². The second-order valence-electron chi connectivity index (χ2n) is 4.16. The van der Waals surface area contributed by atoms with Crippen LogP contribution < -0.4 is 10.5 Å². The molecule has 0 amide bonds. The van der Waals surface area contributed by atoms with E-state index in [0.717, 1.165) is 16.7 Å². The van der Waals surface area contributed by atoms with Crippen LogP contribution in [0.4, 0.5) is 0 Å². The smallest absolute Gasteiger partial charge is 0.125 e. The fourth-order valence-electron chi connectivity index (χ4n) is 1.87. The number of halogens is 1. The van der Waals surface area contributed by atoms with Gasteiger partial charge in [-0.05, 0) is 30.2 Å². The van der Waals surface area contributed by atoms with E-state index in [1.165, 1.54) is 0 Å². The molecule has 0 saturated heterocycles. The van der Waals surface area contributed by atoms with E-state index in [-0.39, 0.29) is 6.04 Å². The van der Waals surface area contributed by atoms with Crippen LogP contribution in [0.3, 0.4) is 0 Å². The number of aryl methyl sites for hydroxylation is 1. The van der Waals surface area contributed by atoms with Gasteiger partial charge < -0.3 is 10.5 Å². The van der Waals surface area contributed by atoms with Crippen molar-refractivity contribution in [3.05, 3.63) is 58.4 Å². The molecule has 0 spiro atoms. The first-order valence-electron chi connectivity index (χ1n) is 5.62. The number of ether oxygens (including phenoxy) is 1. The van der Waals surface area contributed by atoms with Crippen LogP contribution in [0, 0.1) is 6.92 Å². The minimum Gasteiger partial charge on any atom is -0.496 e. The molecule has 3 nitrogen and oxygen atoms in total. The molecule has 2 rings (SSSR count). The maximum atomic E-state index is 6.25. The quantitative estimate of drug-likeness (QED) is 0.925. The zero-order valence-electron chi connectivity index (χ0n) is 10.4. The SMILES string of the molecule is COc1cc(Cl)ccc1C(N)c1cncc(C)c1. The molecule has 18 heavy (non-hydrogen) atoms. The highest BCUT2D eigenvalue weighted by molar-refractivity contribution is 6.30. The number of methoxy groups -OCH3 is 1. The van der Waals surface area contributed by atoms with Crippen molar-refractivity contribution >= 4 is 11.6 Å². The molecule has 4 heteroatoms. The van der Waals surface area contributed by atoms with E-state index < -0.39 is 0 Å². The topological polar surface area (TPSA) is 48.1 Å². The van der Waals surface area contributed by atoms with Gasteiger partial charge in [0.05, 0.1) is 13.2 Å². The van der Waals surface area contributed by atoms with Gasteiger partial charge in [0.25, 0.3) is 0 Å². The highest BCUT2D eigenvalue weighted by Crippen LogP contribution is 2.30. The number of aromatic nitrogens is 1. The Bertz CT molecular complexity index is 557. The Balaban J connectivity index is 2.42. The van der Waals surface area contributed by atoms with Gasteiger partial charge in [-0.25, -0.2) is 0 Å². The lowest BCUT2D eigenvalue weighted by Gasteiger charge is -2.16. The van der Waals surface area contributed by atoms with Crippen molar-refractivity contribution in [2.75, 3.05) is 7.11 Å². The van der Waals surface area contributed by atoms with Crippen LogP contribution in [0.25, 0.3) is 0 Å². The second kappa shape index (κ2) is 5.38. The molecule has 1 unspecified atom stereocenters. The van der Waals surface area contributed by atoms with E-state index >= 15 is 0 Å². The highest BCUT2D eigenvalue weighted by atomic mass is 35.5. The van der Waals surface area contributed by atoms with Crippen molar-refractivity contribution in [1.82, 2.24) is 4.98 Å². The van der Waals surface area contributed by atoms with Crippen molar-refractivity contribution < 1.29 is 4.74 Å². The van der Waals surface area contributed by atoms with Crippen molar-refractivity contribution in [2.45, 2.75) is 13.0 Å². The van der Waals surface area contributed by atoms with Crippen LogP contribution in [-0.2, 0) is 0 Å². The molecule has 2 N–H and O–H groups in total. The monoisotopic (exact) mass is 262 g/mol. The normalized spacial score (nSPS) is 12.2. The summed E-state index contributed by atoms with van der Waals surface area (Å²) in [5, 5.41) is 0.630. The van der Waals surface area contributed by atoms with Crippen LogP contribution >= 0.6 is 11.6 Å². The Morgan fingerprint density at radius 3 is 2.72 bits per heavy atom. The Morgan fingerprint density at radius 2 is 2.06 bits per heavy atom.